The molecule has 0 saturated carbocycles. The lowest BCUT2D eigenvalue weighted by Crippen LogP contribution is -2.02. The van der Waals surface area contributed by atoms with Gasteiger partial charge in [0.15, 0.2) is 9.84 Å². The smallest absolute Gasteiger partial charge is 0.336 e. The van der Waals surface area contributed by atoms with Gasteiger partial charge in [0.1, 0.15) is 0 Å². The van der Waals surface area contributed by atoms with E-state index in [1.54, 1.807) is 18.3 Å². The number of benzene rings is 1. The molecule has 5 nitrogen and oxygen atoms in total. The van der Waals surface area contributed by atoms with E-state index in [1.807, 2.05) is 11.5 Å². The quantitative estimate of drug-likeness (QED) is 0.928. The van der Waals surface area contributed by atoms with Gasteiger partial charge in [-0.3, -0.25) is 0 Å². The van der Waals surface area contributed by atoms with Crippen LogP contribution in [-0.2, 0) is 22.1 Å². The Morgan fingerprint density at radius 1 is 1.37 bits per heavy atom. The molecule has 0 spiro atoms. The van der Waals surface area contributed by atoms with Crippen molar-refractivity contribution in [3.05, 3.63) is 35.5 Å². The lowest BCUT2D eigenvalue weighted by Gasteiger charge is -2.02. The van der Waals surface area contributed by atoms with Gasteiger partial charge < -0.3 is 9.67 Å². The molecule has 102 valence electrons. The zero-order valence-corrected chi connectivity index (χ0v) is 11.6. The molecule has 1 aromatic carbocycles. The Kier molecular flexibility index (Phi) is 3.36. The van der Waals surface area contributed by atoms with Crippen LogP contribution in [-0.4, -0.2) is 30.3 Å². The Hall–Kier alpha value is -1.82. The first-order chi connectivity index (χ1) is 8.83. The number of aromatic carboxylic acids is 1. The summed E-state index contributed by atoms with van der Waals surface area (Å²) >= 11 is 0. The van der Waals surface area contributed by atoms with Crippen molar-refractivity contribution in [1.82, 2.24) is 4.57 Å². The normalized spacial score (nSPS) is 11.9. The number of carboxylic acid groups (broad SMARTS) is 1. The highest BCUT2D eigenvalue weighted by Crippen LogP contribution is 2.27. The van der Waals surface area contributed by atoms with Crippen LogP contribution in [0.15, 0.2) is 24.4 Å². The Bertz CT molecular complexity index is 743. The van der Waals surface area contributed by atoms with E-state index in [1.165, 1.54) is 6.07 Å². The highest BCUT2D eigenvalue weighted by Gasteiger charge is 2.18. The van der Waals surface area contributed by atoms with Crippen molar-refractivity contribution in [1.29, 1.82) is 0 Å². The second kappa shape index (κ2) is 4.70. The summed E-state index contributed by atoms with van der Waals surface area (Å²) < 4.78 is 24.8. The van der Waals surface area contributed by atoms with Gasteiger partial charge in [-0.05, 0) is 24.6 Å². The number of carboxylic acids is 1. The number of hydrogen-bond donors (Lipinski definition) is 1. The molecule has 0 fully saturated rings. The van der Waals surface area contributed by atoms with Crippen molar-refractivity contribution < 1.29 is 18.3 Å². The number of sulfone groups is 1. The Balaban J connectivity index is 2.79. The van der Waals surface area contributed by atoms with Crippen LogP contribution in [0.1, 0.15) is 22.8 Å². The van der Waals surface area contributed by atoms with Crippen molar-refractivity contribution in [2.45, 2.75) is 19.2 Å². The third kappa shape index (κ3) is 2.63. The van der Waals surface area contributed by atoms with Gasteiger partial charge in [0, 0.05) is 29.9 Å². The number of nitrogens with zero attached hydrogens (tertiary/aromatic N) is 1. The fraction of sp³-hybridized carbons (Fsp3) is 0.308. The minimum atomic E-state index is -3.21. The van der Waals surface area contributed by atoms with Crippen LogP contribution in [0.5, 0.6) is 0 Å². The van der Waals surface area contributed by atoms with Gasteiger partial charge >= 0.3 is 5.97 Å². The Morgan fingerprint density at radius 3 is 2.58 bits per heavy atom. The zero-order valence-electron chi connectivity index (χ0n) is 10.8. The molecule has 1 aromatic heterocycles. The van der Waals surface area contributed by atoms with Gasteiger partial charge in [-0.1, -0.05) is 6.07 Å². The van der Waals surface area contributed by atoms with E-state index in [0.29, 0.717) is 17.5 Å². The molecule has 1 N–H and O–H groups in total. The van der Waals surface area contributed by atoms with Crippen LogP contribution < -0.4 is 0 Å². The van der Waals surface area contributed by atoms with Gasteiger partial charge in [-0.15, -0.1) is 0 Å². The third-order valence-corrected chi connectivity index (χ3v) is 3.81. The number of carbonyl (C=O) groups is 1. The largest absolute Gasteiger partial charge is 0.478 e. The second-order valence-electron chi connectivity index (χ2n) is 4.52. The van der Waals surface area contributed by atoms with Crippen molar-refractivity contribution in [2.24, 2.45) is 0 Å². The molecule has 2 rings (SSSR count). The van der Waals surface area contributed by atoms with Crippen molar-refractivity contribution in [3.63, 3.8) is 0 Å². The monoisotopic (exact) mass is 281 g/mol. The summed E-state index contributed by atoms with van der Waals surface area (Å²) in [4.78, 5) is 11.3. The molecule has 0 atom stereocenters. The summed E-state index contributed by atoms with van der Waals surface area (Å²) in [5.41, 5.74) is 1.43. The SMILES string of the molecule is CCn1cc(CS(C)(=O)=O)c2c(C(=O)O)cccc21. The third-order valence-electron chi connectivity index (χ3n) is 2.97. The molecule has 19 heavy (non-hydrogen) atoms. The van der Waals surface area contributed by atoms with E-state index in [0.717, 1.165) is 11.8 Å². The Morgan fingerprint density at radius 2 is 2.05 bits per heavy atom. The molecule has 0 radical (unpaired) electrons. The van der Waals surface area contributed by atoms with Crippen LogP contribution in [0.4, 0.5) is 0 Å². The van der Waals surface area contributed by atoms with E-state index in [9.17, 15) is 18.3 Å². The van der Waals surface area contributed by atoms with E-state index in [-0.39, 0.29) is 11.3 Å². The fourth-order valence-electron chi connectivity index (χ4n) is 2.27. The summed E-state index contributed by atoms with van der Waals surface area (Å²) in [7, 11) is -3.21. The van der Waals surface area contributed by atoms with Gasteiger partial charge in [0.25, 0.3) is 0 Å². The average Bonchev–Trinajstić information content (AvgIpc) is 2.65. The number of rotatable bonds is 4. The predicted molar refractivity (Wildman–Crippen MR) is 73.1 cm³/mol. The van der Waals surface area contributed by atoms with Crippen molar-refractivity contribution in [2.75, 3.05) is 6.26 Å². The molecular formula is C13H15NO4S. The standard InChI is InChI=1S/C13H15NO4S/c1-3-14-7-9(8-19(2,17)18)12-10(13(15)16)5-4-6-11(12)14/h4-7H,3,8H2,1-2H3,(H,15,16). The predicted octanol–water partition coefficient (Wildman–Crippen LogP) is 1.90. The molecule has 2 aromatic rings. The minimum Gasteiger partial charge on any atom is -0.478 e. The summed E-state index contributed by atoms with van der Waals surface area (Å²) in [5, 5.41) is 9.74. The van der Waals surface area contributed by atoms with E-state index in [4.69, 9.17) is 0 Å². The molecule has 1 heterocycles. The van der Waals surface area contributed by atoms with Gasteiger partial charge in [0.05, 0.1) is 11.3 Å². The first kappa shape index (κ1) is 13.6. The van der Waals surface area contributed by atoms with Gasteiger partial charge in [-0.2, -0.15) is 0 Å². The topological polar surface area (TPSA) is 76.4 Å². The maximum Gasteiger partial charge on any atom is 0.336 e. The first-order valence-corrected chi connectivity index (χ1v) is 7.91. The maximum absolute atomic E-state index is 11.5. The number of hydrogen-bond acceptors (Lipinski definition) is 3. The summed E-state index contributed by atoms with van der Waals surface area (Å²) in [6.07, 6.45) is 2.86. The average molecular weight is 281 g/mol. The van der Waals surface area contributed by atoms with Crippen LogP contribution in [0.25, 0.3) is 10.9 Å². The molecule has 6 heteroatoms. The lowest BCUT2D eigenvalue weighted by molar-refractivity contribution is 0.0699. The van der Waals surface area contributed by atoms with Gasteiger partial charge in [-0.25, -0.2) is 13.2 Å². The van der Waals surface area contributed by atoms with E-state index >= 15 is 0 Å². The van der Waals surface area contributed by atoms with E-state index < -0.39 is 15.8 Å². The Labute approximate surface area is 111 Å². The minimum absolute atomic E-state index is 0.142. The molecule has 0 amide bonds. The highest BCUT2D eigenvalue weighted by atomic mass is 32.2. The molecular weight excluding hydrogens is 266 g/mol. The van der Waals surface area contributed by atoms with Gasteiger partial charge in [0.2, 0.25) is 0 Å². The number of fused-ring (bicyclic) bond motifs is 1. The summed E-state index contributed by atoms with van der Waals surface area (Å²) in [5.74, 6) is -1.20. The highest BCUT2D eigenvalue weighted by molar-refractivity contribution is 7.89. The second-order valence-corrected chi connectivity index (χ2v) is 6.66. The zero-order chi connectivity index (χ0) is 14.2. The number of aromatic nitrogens is 1. The molecule has 0 aliphatic rings. The maximum atomic E-state index is 11.5. The molecule has 0 aliphatic heterocycles. The molecule has 0 unspecified atom stereocenters. The molecule has 0 aliphatic carbocycles. The van der Waals surface area contributed by atoms with Crippen LogP contribution >= 0.6 is 0 Å². The van der Waals surface area contributed by atoms with Crippen molar-refractivity contribution in [3.8, 4) is 0 Å². The van der Waals surface area contributed by atoms with Crippen molar-refractivity contribution >= 4 is 26.7 Å². The molecule has 0 bridgehead atoms. The molecule has 0 saturated heterocycles. The van der Waals surface area contributed by atoms with Crippen LogP contribution in [0.3, 0.4) is 0 Å². The number of aryl methyl sites for hydroxylation is 1. The van der Waals surface area contributed by atoms with E-state index in [2.05, 4.69) is 0 Å². The van der Waals surface area contributed by atoms with Crippen LogP contribution in [0.2, 0.25) is 0 Å². The van der Waals surface area contributed by atoms with Crippen LogP contribution in [0, 0.1) is 0 Å². The lowest BCUT2D eigenvalue weighted by atomic mass is 10.1. The fourth-order valence-corrected chi connectivity index (χ4v) is 3.05. The summed E-state index contributed by atoms with van der Waals surface area (Å²) in [6.45, 7) is 2.58. The first-order valence-electron chi connectivity index (χ1n) is 5.85. The summed E-state index contributed by atoms with van der Waals surface area (Å²) in [6, 6.07) is 4.97.